The van der Waals surface area contributed by atoms with Crippen molar-refractivity contribution in [1.29, 1.82) is 0 Å². The molecule has 0 atom stereocenters. The standard InChI is InChI=1S/C18H14N4O2S/c23-17-10-25-16-6-5-12(9-14(16)20-17)18(24)21-13-3-1-2-4-15(13)22-8-7-19-11-22/h1-9,11H,10H2,(H,20,23)(H,21,24). The van der Waals surface area contributed by atoms with Crippen molar-refractivity contribution in [2.24, 2.45) is 0 Å². The Labute approximate surface area is 148 Å². The Morgan fingerprint density at radius 3 is 2.96 bits per heavy atom. The highest BCUT2D eigenvalue weighted by molar-refractivity contribution is 8.00. The molecule has 0 unspecified atom stereocenters. The van der Waals surface area contributed by atoms with Crippen molar-refractivity contribution in [3.63, 3.8) is 0 Å². The molecule has 1 aliphatic heterocycles. The van der Waals surface area contributed by atoms with Gasteiger partial charge in [-0.2, -0.15) is 0 Å². The van der Waals surface area contributed by atoms with Crippen molar-refractivity contribution in [2.75, 3.05) is 16.4 Å². The monoisotopic (exact) mass is 350 g/mol. The Bertz CT molecular complexity index is 953. The summed E-state index contributed by atoms with van der Waals surface area (Å²) in [5, 5.41) is 5.73. The van der Waals surface area contributed by atoms with Crippen LogP contribution in [0, 0.1) is 0 Å². The van der Waals surface area contributed by atoms with Gasteiger partial charge in [0.15, 0.2) is 0 Å². The van der Waals surface area contributed by atoms with Gasteiger partial charge in [-0.3, -0.25) is 9.59 Å². The van der Waals surface area contributed by atoms with E-state index in [0.29, 0.717) is 22.7 Å². The minimum Gasteiger partial charge on any atom is -0.324 e. The molecule has 6 nitrogen and oxygen atoms in total. The van der Waals surface area contributed by atoms with Crippen LogP contribution in [0.5, 0.6) is 0 Å². The van der Waals surface area contributed by atoms with E-state index in [4.69, 9.17) is 0 Å². The molecule has 7 heteroatoms. The average molecular weight is 350 g/mol. The van der Waals surface area contributed by atoms with Crippen LogP contribution in [0.3, 0.4) is 0 Å². The van der Waals surface area contributed by atoms with Gasteiger partial charge in [0.25, 0.3) is 5.91 Å². The number of hydrogen-bond acceptors (Lipinski definition) is 4. The molecular formula is C18H14N4O2S. The second-order valence-electron chi connectivity index (χ2n) is 5.49. The fraction of sp³-hybridized carbons (Fsp3) is 0.0556. The largest absolute Gasteiger partial charge is 0.324 e. The number of carbonyl (C=O) groups is 2. The first kappa shape index (κ1) is 15.5. The molecule has 0 radical (unpaired) electrons. The Hall–Kier alpha value is -3.06. The third-order valence-electron chi connectivity index (χ3n) is 3.81. The summed E-state index contributed by atoms with van der Waals surface area (Å²) in [4.78, 5) is 29.2. The van der Waals surface area contributed by atoms with Crippen LogP contribution in [0.2, 0.25) is 0 Å². The maximum absolute atomic E-state index is 12.6. The summed E-state index contributed by atoms with van der Waals surface area (Å²) >= 11 is 1.47. The molecule has 0 aliphatic carbocycles. The maximum Gasteiger partial charge on any atom is 0.255 e. The molecule has 0 bridgehead atoms. The van der Waals surface area contributed by atoms with Crippen molar-refractivity contribution >= 4 is 35.0 Å². The predicted octanol–water partition coefficient (Wildman–Crippen LogP) is 3.17. The minimum atomic E-state index is -0.236. The third kappa shape index (κ3) is 3.14. The molecule has 2 heterocycles. The number of aromatic nitrogens is 2. The van der Waals surface area contributed by atoms with Crippen LogP contribution in [-0.2, 0) is 4.79 Å². The number of nitrogens with zero attached hydrogens (tertiary/aromatic N) is 2. The summed E-state index contributed by atoms with van der Waals surface area (Å²) < 4.78 is 1.83. The molecule has 0 saturated heterocycles. The average Bonchev–Trinajstić information content (AvgIpc) is 3.16. The maximum atomic E-state index is 12.6. The van der Waals surface area contributed by atoms with Crippen LogP contribution in [0.4, 0.5) is 11.4 Å². The molecule has 3 aromatic rings. The van der Waals surface area contributed by atoms with E-state index >= 15 is 0 Å². The molecular weight excluding hydrogens is 336 g/mol. The van der Waals surface area contributed by atoms with Crippen molar-refractivity contribution in [3.8, 4) is 5.69 Å². The van der Waals surface area contributed by atoms with Gasteiger partial charge in [0.1, 0.15) is 0 Å². The van der Waals surface area contributed by atoms with Crippen molar-refractivity contribution in [3.05, 3.63) is 66.7 Å². The summed E-state index contributed by atoms with van der Waals surface area (Å²) in [6.07, 6.45) is 5.18. The lowest BCUT2D eigenvalue weighted by Gasteiger charge is -2.17. The first-order chi connectivity index (χ1) is 12.2. The van der Waals surface area contributed by atoms with E-state index in [0.717, 1.165) is 10.6 Å². The van der Waals surface area contributed by atoms with Gasteiger partial charge in [-0.05, 0) is 30.3 Å². The molecule has 4 rings (SSSR count). The predicted molar refractivity (Wildman–Crippen MR) is 97.3 cm³/mol. The van der Waals surface area contributed by atoms with E-state index < -0.39 is 0 Å². The van der Waals surface area contributed by atoms with E-state index in [1.807, 2.05) is 41.1 Å². The Morgan fingerprint density at radius 2 is 2.12 bits per heavy atom. The number of para-hydroxylation sites is 2. The SMILES string of the molecule is O=C1CSc2ccc(C(=O)Nc3ccccc3-n3ccnc3)cc2N1. The van der Waals surface area contributed by atoms with Crippen molar-refractivity contribution in [2.45, 2.75) is 4.90 Å². The number of rotatable bonds is 3. The molecule has 2 amide bonds. The van der Waals surface area contributed by atoms with Gasteiger partial charge >= 0.3 is 0 Å². The van der Waals surface area contributed by atoms with Gasteiger partial charge in [-0.15, -0.1) is 11.8 Å². The lowest BCUT2D eigenvalue weighted by atomic mass is 10.1. The lowest BCUT2D eigenvalue weighted by molar-refractivity contribution is -0.113. The Kier molecular flexibility index (Phi) is 3.99. The van der Waals surface area contributed by atoms with Crippen molar-refractivity contribution < 1.29 is 9.59 Å². The van der Waals surface area contributed by atoms with Crippen LogP contribution >= 0.6 is 11.8 Å². The zero-order chi connectivity index (χ0) is 17.2. The fourth-order valence-corrected chi connectivity index (χ4v) is 3.41. The number of anilines is 2. The topological polar surface area (TPSA) is 76.0 Å². The third-order valence-corrected chi connectivity index (χ3v) is 4.88. The molecule has 25 heavy (non-hydrogen) atoms. The van der Waals surface area contributed by atoms with E-state index in [1.165, 1.54) is 11.8 Å². The highest BCUT2D eigenvalue weighted by Gasteiger charge is 2.18. The van der Waals surface area contributed by atoms with Crippen LogP contribution in [0.15, 0.2) is 66.1 Å². The Balaban J connectivity index is 1.61. The van der Waals surface area contributed by atoms with Crippen molar-refractivity contribution in [1.82, 2.24) is 9.55 Å². The number of benzene rings is 2. The number of amides is 2. The number of imidazole rings is 1. The van der Waals surface area contributed by atoms with Gasteiger partial charge in [-0.1, -0.05) is 12.1 Å². The molecule has 0 saturated carbocycles. The number of thioether (sulfide) groups is 1. The molecule has 0 fully saturated rings. The summed E-state index contributed by atoms with van der Waals surface area (Å²) in [6, 6.07) is 12.8. The Morgan fingerprint density at radius 1 is 1.24 bits per heavy atom. The number of hydrogen-bond donors (Lipinski definition) is 2. The number of carbonyl (C=O) groups excluding carboxylic acids is 2. The van der Waals surface area contributed by atoms with Gasteiger partial charge in [-0.25, -0.2) is 4.98 Å². The molecule has 2 N–H and O–H groups in total. The molecule has 1 aliphatic rings. The molecule has 1 aromatic heterocycles. The summed E-state index contributed by atoms with van der Waals surface area (Å²) in [6.45, 7) is 0. The van der Waals surface area contributed by atoms with E-state index in [1.54, 1.807) is 24.7 Å². The van der Waals surface area contributed by atoms with Crippen LogP contribution in [0.1, 0.15) is 10.4 Å². The lowest BCUT2D eigenvalue weighted by Crippen LogP contribution is -2.20. The quantitative estimate of drug-likeness (QED) is 0.761. The summed E-state index contributed by atoms with van der Waals surface area (Å²) in [7, 11) is 0. The minimum absolute atomic E-state index is 0.0551. The summed E-state index contributed by atoms with van der Waals surface area (Å²) in [5.74, 6) is 0.109. The van der Waals surface area contributed by atoms with Crippen LogP contribution in [-0.4, -0.2) is 27.1 Å². The highest BCUT2D eigenvalue weighted by atomic mass is 32.2. The first-order valence-electron chi connectivity index (χ1n) is 7.66. The van der Waals surface area contributed by atoms with E-state index in [2.05, 4.69) is 15.6 Å². The van der Waals surface area contributed by atoms with E-state index in [-0.39, 0.29) is 11.8 Å². The highest BCUT2D eigenvalue weighted by Crippen LogP contribution is 2.32. The number of fused-ring (bicyclic) bond motifs is 1. The second-order valence-corrected chi connectivity index (χ2v) is 6.51. The van der Waals surface area contributed by atoms with Crippen LogP contribution in [0.25, 0.3) is 5.69 Å². The fourth-order valence-electron chi connectivity index (χ4n) is 2.62. The van der Waals surface area contributed by atoms with E-state index in [9.17, 15) is 9.59 Å². The molecule has 2 aromatic carbocycles. The van der Waals surface area contributed by atoms with Gasteiger partial charge < -0.3 is 15.2 Å². The zero-order valence-corrected chi connectivity index (χ0v) is 13.9. The van der Waals surface area contributed by atoms with Gasteiger partial charge in [0, 0.05) is 22.9 Å². The second kappa shape index (κ2) is 6.45. The normalized spacial score (nSPS) is 13.0. The summed E-state index contributed by atoms with van der Waals surface area (Å²) in [5.41, 5.74) is 2.68. The van der Waals surface area contributed by atoms with Gasteiger partial charge in [0.05, 0.1) is 29.1 Å². The molecule has 124 valence electrons. The zero-order valence-electron chi connectivity index (χ0n) is 13.1. The number of nitrogens with one attached hydrogen (secondary N) is 2. The van der Waals surface area contributed by atoms with Gasteiger partial charge in [0.2, 0.25) is 5.91 Å². The van der Waals surface area contributed by atoms with Crippen LogP contribution < -0.4 is 10.6 Å². The first-order valence-corrected chi connectivity index (χ1v) is 8.65. The molecule has 0 spiro atoms. The smallest absolute Gasteiger partial charge is 0.255 e.